The van der Waals surface area contributed by atoms with Gasteiger partial charge in [-0.1, -0.05) is 25.4 Å². The van der Waals surface area contributed by atoms with E-state index < -0.39 is 0 Å². The van der Waals surface area contributed by atoms with Crippen LogP contribution in [-0.4, -0.2) is 16.7 Å². The predicted octanol–water partition coefficient (Wildman–Crippen LogP) is 3.83. The van der Waals surface area contributed by atoms with Crippen molar-refractivity contribution < 1.29 is 9.59 Å². The third-order valence-corrected chi connectivity index (χ3v) is 3.20. The molecule has 4 nitrogen and oxygen atoms in total. The van der Waals surface area contributed by atoms with E-state index in [1.165, 1.54) is 12.4 Å². The van der Waals surface area contributed by atoms with Crippen LogP contribution in [0.4, 0.5) is 5.69 Å². The quantitative estimate of drug-likeness (QED) is 0.873. The highest BCUT2D eigenvalue weighted by atomic mass is 35.5. The Morgan fingerprint density at radius 2 is 1.81 bits per heavy atom. The lowest BCUT2D eigenvalue weighted by Gasteiger charge is -2.12. The topological polar surface area (TPSA) is 59.1 Å². The Balaban J connectivity index is 2.32. The standard InChI is InChI=1S/C16H15ClN2O2/c1-10(2)15(20)13-9-12(17)3-4-14(13)19-16(21)11-5-7-18-8-6-11/h3-10H,1-2H3,(H,19,21). The van der Waals surface area contributed by atoms with Crippen molar-refractivity contribution in [3.05, 3.63) is 58.9 Å². The van der Waals surface area contributed by atoms with Gasteiger partial charge in [-0.2, -0.15) is 0 Å². The van der Waals surface area contributed by atoms with Crippen LogP contribution in [0.15, 0.2) is 42.7 Å². The number of anilines is 1. The van der Waals surface area contributed by atoms with E-state index in [4.69, 9.17) is 11.6 Å². The van der Waals surface area contributed by atoms with E-state index in [2.05, 4.69) is 10.3 Å². The molecule has 0 saturated heterocycles. The molecule has 1 aromatic carbocycles. The van der Waals surface area contributed by atoms with Gasteiger partial charge in [-0.25, -0.2) is 0 Å². The summed E-state index contributed by atoms with van der Waals surface area (Å²) >= 11 is 5.95. The Morgan fingerprint density at radius 1 is 1.14 bits per heavy atom. The molecule has 0 aliphatic rings. The number of ketones is 1. The molecule has 1 aromatic heterocycles. The summed E-state index contributed by atoms with van der Waals surface area (Å²) < 4.78 is 0. The Bertz CT molecular complexity index is 669. The van der Waals surface area contributed by atoms with Crippen LogP contribution >= 0.6 is 11.6 Å². The number of pyridine rings is 1. The van der Waals surface area contributed by atoms with Gasteiger partial charge in [0.25, 0.3) is 5.91 Å². The summed E-state index contributed by atoms with van der Waals surface area (Å²) in [5.41, 5.74) is 1.35. The molecule has 0 atom stereocenters. The van der Waals surface area contributed by atoms with Gasteiger partial charge in [0.1, 0.15) is 0 Å². The first-order valence-electron chi connectivity index (χ1n) is 6.54. The van der Waals surface area contributed by atoms with E-state index in [-0.39, 0.29) is 17.6 Å². The zero-order chi connectivity index (χ0) is 15.4. The van der Waals surface area contributed by atoms with Gasteiger partial charge in [0, 0.05) is 34.5 Å². The minimum atomic E-state index is -0.294. The van der Waals surface area contributed by atoms with Gasteiger partial charge in [-0.05, 0) is 30.3 Å². The van der Waals surface area contributed by atoms with Crippen molar-refractivity contribution in [2.45, 2.75) is 13.8 Å². The number of amides is 1. The summed E-state index contributed by atoms with van der Waals surface area (Å²) in [6.45, 7) is 3.61. The van der Waals surface area contributed by atoms with Crippen LogP contribution in [-0.2, 0) is 0 Å². The summed E-state index contributed by atoms with van der Waals surface area (Å²) in [4.78, 5) is 28.2. The van der Waals surface area contributed by atoms with E-state index in [0.29, 0.717) is 21.8 Å². The van der Waals surface area contributed by atoms with Crippen LogP contribution in [0.5, 0.6) is 0 Å². The predicted molar refractivity (Wildman–Crippen MR) is 82.8 cm³/mol. The van der Waals surface area contributed by atoms with Gasteiger partial charge in [0.15, 0.2) is 5.78 Å². The van der Waals surface area contributed by atoms with Gasteiger partial charge in [-0.15, -0.1) is 0 Å². The number of hydrogen-bond donors (Lipinski definition) is 1. The molecule has 0 spiro atoms. The fraction of sp³-hybridized carbons (Fsp3) is 0.188. The van der Waals surface area contributed by atoms with Crippen LogP contribution in [0.1, 0.15) is 34.6 Å². The summed E-state index contributed by atoms with van der Waals surface area (Å²) in [6.07, 6.45) is 3.08. The number of carbonyl (C=O) groups is 2. The number of aromatic nitrogens is 1. The maximum absolute atomic E-state index is 12.2. The molecule has 2 rings (SSSR count). The van der Waals surface area contributed by atoms with Crippen molar-refractivity contribution in [2.75, 3.05) is 5.32 Å². The third-order valence-electron chi connectivity index (χ3n) is 2.96. The molecule has 0 bridgehead atoms. The Labute approximate surface area is 128 Å². The van der Waals surface area contributed by atoms with Crippen molar-refractivity contribution >= 4 is 29.0 Å². The average molecular weight is 303 g/mol. The summed E-state index contributed by atoms with van der Waals surface area (Å²) in [6, 6.07) is 8.06. The number of carbonyl (C=O) groups excluding carboxylic acids is 2. The molecule has 1 heterocycles. The lowest BCUT2D eigenvalue weighted by molar-refractivity contribution is 0.0940. The zero-order valence-corrected chi connectivity index (χ0v) is 12.5. The van der Waals surface area contributed by atoms with Gasteiger partial charge < -0.3 is 5.32 Å². The molecule has 0 unspecified atom stereocenters. The number of benzene rings is 1. The van der Waals surface area contributed by atoms with Crippen molar-refractivity contribution in [3.8, 4) is 0 Å². The van der Waals surface area contributed by atoms with Crippen molar-refractivity contribution in [2.24, 2.45) is 5.92 Å². The highest BCUT2D eigenvalue weighted by molar-refractivity contribution is 6.31. The molecular formula is C16H15ClN2O2. The Kier molecular flexibility index (Phi) is 4.70. The number of Topliss-reactive ketones (excluding diaryl/α,β-unsaturated/α-hetero) is 1. The number of halogens is 1. The van der Waals surface area contributed by atoms with E-state index in [0.717, 1.165) is 0 Å². The molecule has 0 radical (unpaired) electrons. The largest absolute Gasteiger partial charge is 0.321 e. The molecule has 108 valence electrons. The second kappa shape index (κ2) is 6.50. The van der Waals surface area contributed by atoms with Crippen LogP contribution in [0.25, 0.3) is 0 Å². The second-order valence-corrected chi connectivity index (χ2v) is 5.34. The molecule has 0 fully saturated rings. The number of hydrogen-bond acceptors (Lipinski definition) is 3. The summed E-state index contributed by atoms with van der Waals surface area (Å²) in [5, 5.41) is 3.20. The first-order valence-corrected chi connectivity index (χ1v) is 6.92. The molecule has 0 aliphatic carbocycles. The summed E-state index contributed by atoms with van der Waals surface area (Å²) in [5.74, 6) is -0.542. The average Bonchev–Trinajstić information content (AvgIpc) is 2.49. The van der Waals surface area contributed by atoms with Gasteiger partial charge >= 0.3 is 0 Å². The maximum atomic E-state index is 12.2. The van der Waals surface area contributed by atoms with Crippen molar-refractivity contribution in [3.63, 3.8) is 0 Å². The Morgan fingerprint density at radius 3 is 2.43 bits per heavy atom. The molecule has 21 heavy (non-hydrogen) atoms. The SMILES string of the molecule is CC(C)C(=O)c1cc(Cl)ccc1NC(=O)c1ccncc1. The molecule has 1 N–H and O–H groups in total. The third kappa shape index (κ3) is 3.67. The highest BCUT2D eigenvalue weighted by Crippen LogP contribution is 2.24. The lowest BCUT2D eigenvalue weighted by Crippen LogP contribution is -2.16. The second-order valence-electron chi connectivity index (χ2n) is 4.90. The molecular weight excluding hydrogens is 288 g/mol. The number of nitrogens with one attached hydrogen (secondary N) is 1. The Hall–Kier alpha value is -2.20. The molecule has 1 amide bonds. The first-order chi connectivity index (χ1) is 9.99. The molecule has 2 aromatic rings. The van der Waals surface area contributed by atoms with Gasteiger partial charge in [0.05, 0.1) is 5.69 Å². The van der Waals surface area contributed by atoms with Crippen molar-refractivity contribution in [1.82, 2.24) is 4.98 Å². The smallest absolute Gasteiger partial charge is 0.255 e. The minimum absolute atomic E-state index is 0.0671. The lowest BCUT2D eigenvalue weighted by atomic mass is 9.99. The maximum Gasteiger partial charge on any atom is 0.255 e. The highest BCUT2D eigenvalue weighted by Gasteiger charge is 2.17. The molecule has 5 heteroatoms. The monoisotopic (exact) mass is 302 g/mol. The summed E-state index contributed by atoms with van der Waals surface area (Å²) in [7, 11) is 0. The normalized spacial score (nSPS) is 10.5. The van der Waals surface area contributed by atoms with E-state index in [1.54, 1.807) is 44.2 Å². The first kappa shape index (κ1) is 15.2. The van der Waals surface area contributed by atoms with E-state index in [1.807, 2.05) is 0 Å². The van der Waals surface area contributed by atoms with Crippen LogP contribution in [0.3, 0.4) is 0 Å². The van der Waals surface area contributed by atoms with E-state index in [9.17, 15) is 9.59 Å². The van der Waals surface area contributed by atoms with Crippen LogP contribution < -0.4 is 5.32 Å². The van der Waals surface area contributed by atoms with E-state index >= 15 is 0 Å². The zero-order valence-electron chi connectivity index (χ0n) is 11.8. The number of rotatable bonds is 4. The fourth-order valence-corrected chi connectivity index (χ4v) is 2.01. The van der Waals surface area contributed by atoms with Crippen LogP contribution in [0.2, 0.25) is 5.02 Å². The minimum Gasteiger partial charge on any atom is -0.321 e. The van der Waals surface area contributed by atoms with Gasteiger partial charge in [-0.3, -0.25) is 14.6 Å². The fourth-order valence-electron chi connectivity index (χ4n) is 1.84. The number of nitrogens with zero attached hydrogens (tertiary/aromatic N) is 1. The molecule has 0 aliphatic heterocycles. The molecule has 0 saturated carbocycles. The van der Waals surface area contributed by atoms with Crippen LogP contribution in [0, 0.1) is 5.92 Å². The van der Waals surface area contributed by atoms with Crippen molar-refractivity contribution in [1.29, 1.82) is 0 Å². The van der Waals surface area contributed by atoms with Gasteiger partial charge in [0.2, 0.25) is 0 Å².